The van der Waals surface area contributed by atoms with Gasteiger partial charge in [0.15, 0.2) is 0 Å². The van der Waals surface area contributed by atoms with E-state index in [0.29, 0.717) is 28.6 Å². The molecule has 7 heteroatoms. The maximum absolute atomic E-state index is 13.1. The fourth-order valence-corrected chi connectivity index (χ4v) is 3.02. The van der Waals surface area contributed by atoms with Gasteiger partial charge in [-0.2, -0.15) is 0 Å². The molecule has 1 unspecified atom stereocenters. The van der Waals surface area contributed by atoms with Crippen molar-refractivity contribution in [2.45, 2.75) is 26.4 Å². The first-order chi connectivity index (χ1) is 13.8. The van der Waals surface area contributed by atoms with E-state index >= 15 is 0 Å². The number of benzene rings is 2. The molecular formula is C22H27ClN2O4. The van der Waals surface area contributed by atoms with Gasteiger partial charge >= 0.3 is 0 Å². The number of rotatable bonds is 8. The zero-order valence-corrected chi connectivity index (χ0v) is 18.1. The lowest BCUT2D eigenvalue weighted by molar-refractivity contribution is -0.133. The van der Waals surface area contributed by atoms with Crippen LogP contribution in [0.2, 0.25) is 5.02 Å². The van der Waals surface area contributed by atoms with E-state index < -0.39 is 6.04 Å². The van der Waals surface area contributed by atoms with Crippen LogP contribution in [0.4, 0.5) is 0 Å². The van der Waals surface area contributed by atoms with Crippen LogP contribution >= 0.6 is 11.6 Å². The highest BCUT2D eigenvalue weighted by Gasteiger charge is 2.28. The number of ether oxygens (including phenoxy) is 2. The van der Waals surface area contributed by atoms with Crippen LogP contribution in [0.1, 0.15) is 29.8 Å². The summed E-state index contributed by atoms with van der Waals surface area (Å²) in [6, 6.07) is 11.3. The summed E-state index contributed by atoms with van der Waals surface area (Å²) in [7, 11) is 4.86. The minimum Gasteiger partial charge on any atom is -0.497 e. The fraction of sp³-hybridized carbons (Fsp3) is 0.364. The fourth-order valence-electron chi connectivity index (χ4n) is 2.89. The van der Waals surface area contributed by atoms with Gasteiger partial charge in [-0.3, -0.25) is 9.59 Å². The summed E-state index contributed by atoms with van der Waals surface area (Å²) in [5.74, 6) is 0.730. The summed E-state index contributed by atoms with van der Waals surface area (Å²) in [5.41, 5.74) is 1.29. The Morgan fingerprint density at radius 1 is 1.07 bits per heavy atom. The van der Waals surface area contributed by atoms with Crippen LogP contribution in [0.25, 0.3) is 0 Å². The third kappa shape index (κ3) is 5.87. The zero-order chi connectivity index (χ0) is 21.6. The molecule has 29 heavy (non-hydrogen) atoms. The molecule has 6 nitrogen and oxygen atoms in total. The Hall–Kier alpha value is -2.73. The topological polar surface area (TPSA) is 67.9 Å². The summed E-state index contributed by atoms with van der Waals surface area (Å²) in [5, 5.41) is 3.39. The standard InChI is InChI=1S/C22H27ClN2O4/c1-14(2)20(24-21(26)15-6-9-17(23)10-7-15)22(27)25(3)13-16-8-11-18(28-4)12-19(16)29-5/h6-12,14,20H,13H2,1-5H3,(H,24,26). The molecule has 0 heterocycles. The Balaban J connectivity index is 2.13. The van der Waals surface area contributed by atoms with Crippen molar-refractivity contribution in [2.24, 2.45) is 5.92 Å². The molecule has 0 bridgehead atoms. The molecule has 2 aromatic carbocycles. The number of likely N-dealkylation sites (N-methyl/N-ethyl adjacent to an activating group) is 1. The molecule has 156 valence electrons. The van der Waals surface area contributed by atoms with Crippen molar-refractivity contribution in [3.05, 3.63) is 58.6 Å². The highest BCUT2D eigenvalue weighted by atomic mass is 35.5. The Kier molecular flexibility index (Phi) is 7.91. The Labute approximate surface area is 176 Å². The van der Waals surface area contributed by atoms with E-state index in [1.54, 1.807) is 56.5 Å². The van der Waals surface area contributed by atoms with Crippen molar-refractivity contribution in [3.8, 4) is 11.5 Å². The van der Waals surface area contributed by atoms with Crippen LogP contribution in [0.5, 0.6) is 11.5 Å². The molecule has 2 amide bonds. The highest BCUT2D eigenvalue weighted by Crippen LogP contribution is 2.26. The minimum absolute atomic E-state index is 0.0843. The molecule has 0 saturated heterocycles. The van der Waals surface area contributed by atoms with E-state index in [2.05, 4.69) is 5.32 Å². The van der Waals surface area contributed by atoms with Gasteiger partial charge in [0.25, 0.3) is 5.91 Å². The summed E-state index contributed by atoms with van der Waals surface area (Å²) in [6.07, 6.45) is 0. The third-order valence-corrected chi connectivity index (χ3v) is 4.86. The molecule has 0 saturated carbocycles. The summed E-state index contributed by atoms with van der Waals surface area (Å²) >= 11 is 5.87. The number of halogens is 1. The Morgan fingerprint density at radius 2 is 1.72 bits per heavy atom. The van der Waals surface area contributed by atoms with Gasteiger partial charge in [0, 0.05) is 35.8 Å². The molecule has 2 rings (SSSR count). The molecule has 0 fully saturated rings. The number of carbonyl (C=O) groups is 2. The average Bonchev–Trinajstić information content (AvgIpc) is 2.71. The SMILES string of the molecule is COc1ccc(CN(C)C(=O)C(NC(=O)c2ccc(Cl)cc2)C(C)C)c(OC)c1. The van der Waals surface area contributed by atoms with Gasteiger partial charge in [-0.15, -0.1) is 0 Å². The molecular weight excluding hydrogens is 392 g/mol. The van der Waals surface area contributed by atoms with Crippen LogP contribution in [0, 0.1) is 5.92 Å². The van der Waals surface area contributed by atoms with Crippen LogP contribution in [-0.4, -0.2) is 44.0 Å². The lowest BCUT2D eigenvalue weighted by Crippen LogP contribution is -2.50. The molecule has 0 aliphatic carbocycles. The second kappa shape index (κ2) is 10.2. The molecule has 0 aliphatic rings. The van der Waals surface area contributed by atoms with Gasteiger partial charge < -0.3 is 19.7 Å². The molecule has 2 aromatic rings. The smallest absolute Gasteiger partial charge is 0.251 e. The van der Waals surface area contributed by atoms with Gasteiger partial charge in [-0.05, 0) is 42.3 Å². The third-order valence-electron chi connectivity index (χ3n) is 4.60. The van der Waals surface area contributed by atoms with Crippen LogP contribution in [-0.2, 0) is 11.3 Å². The van der Waals surface area contributed by atoms with Crippen molar-refractivity contribution in [2.75, 3.05) is 21.3 Å². The number of amides is 2. The number of hydrogen-bond donors (Lipinski definition) is 1. The lowest BCUT2D eigenvalue weighted by atomic mass is 10.0. The number of nitrogens with one attached hydrogen (secondary N) is 1. The van der Waals surface area contributed by atoms with Gasteiger partial charge in [0.2, 0.25) is 5.91 Å². The Bertz CT molecular complexity index is 852. The van der Waals surface area contributed by atoms with Crippen molar-refractivity contribution < 1.29 is 19.1 Å². The van der Waals surface area contributed by atoms with Crippen LogP contribution in [0.15, 0.2) is 42.5 Å². The summed E-state index contributed by atoms with van der Waals surface area (Å²) in [4.78, 5) is 27.2. The van der Waals surface area contributed by atoms with Crippen LogP contribution < -0.4 is 14.8 Å². The van der Waals surface area contributed by atoms with Crippen LogP contribution in [0.3, 0.4) is 0 Å². The van der Waals surface area contributed by atoms with Crippen molar-refractivity contribution >= 4 is 23.4 Å². The normalized spacial score (nSPS) is 11.7. The molecule has 1 N–H and O–H groups in total. The monoisotopic (exact) mass is 418 g/mol. The number of methoxy groups -OCH3 is 2. The quantitative estimate of drug-likeness (QED) is 0.708. The number of nitrogens with zero attached hydrogens (tertiary/aromatic N) is 1. The largest absolute Gasteiger partial charge is 0.497 e. The number of carbonyl (C=O) groups excluding carboxylic acids is 2. The summed E-state index contributed by atoms with van der Waals surface area (Å²) in [6.45, 7) is 4.13. The van der Waals surface area contributed by atoms with Crippen molar-refractivity contribution in [1.82, 2.24) is 10.2 Å². The second-order valence-corrected chi connectivity index (χ2v) is 7.51. The first-order valence-corrected chi connectivity index (χ1v) is 9.67. The average molecular weight is 419 g/mol. The first kappa shape index (κ1) is 22.6. The second-order valence-electron chi connectivity index (χ2n) is 7.07. The van der Waals surface area contributed by atoms with E-state index in [1.165, 1.54) is 0 Å². The molecule has 0 spiro atoms. The van der Waals surface area contributed by atoms with E-state index in [1.807, 2.05) is 26.0 Å². The lowest BCUT2D eigenvalue weighted by Gasteiger charge is -2.27. The molecule has 0 radical (unpaired) electrons. The number of hydrogen-bond acceptors (Lipinski definition) is 4. The molecule has 0 aromatic heterocycles. The van der Waals surface area contributed by atoms with Gasteiger partial charge in [0.05, 0.1) is 14.2 Å². The first-order valence-electron chi connectivity index (χ1n) is 9.29. The maximum Gasteiger partial charge on any atom is 0.251 e. The van der Waals surface area contributed by atoms with Gasteiger partial charge in [-0.25, -0.2) is 0 Å². The van der Waals surface area contributed by atoms with Crippen molar-refractivity contribution in [1.29, 1.82) is 0 Å². The molecule has 0 aliphatic heterocycles. The van der Waals surface area contributed by atoms with E-state index in [4.69, 9.17) is 21.1 Å². The zero-order valence-electron chi connectivity index (χ0n) is 17.4. The van der Waals surface area contributed by atoms with Crippen molar-refractivity contribution in [3.63, 3.8) is 0 Å². The Morgan fingerprint density at radius 3 is 2.28 bits per heavy atom. The van der Waals surface area contributed by atoms with Gasteiger partial charge in [0.1, 0.15) is 17.5 Å². The maximum atomic E-state index is 13.1. The highest BCUT2D eigenvalue weighted by molar-refractivity contribution is 6.30. The van der Waals surface area contributed by atoms with E-state index in [-0.39, 0.29) is 17.7 Å². The van der Waals surface area contributed by atoms with Gasteiger partial charge in [-0.1, -0.05) is 25.4 Å². The summed E-state index contributed by atoms with van der Waals surface area (Å²) < 4.78 is 10.6. The van der Waals surface area contributed by atoms with E-state index in [0.717, 1.165) is 5.56 Å². The minimum atomic E-state index is -0.660. The molecule has 1 atom stereocenters. The predicted octanol–water partition coefficient (Wildman–Crippen LogP) is 3.77. The predicted molar refractivity (Wildman–Crippen MR) is 114 cm³/mol. The van der Waals surface area contributed by atoms with E-state index in [9.17, 15) is 9.59 Å².